The quantitative estimate of drug-likeness (QED) is 0.937. The summed E-state index contributed by atoms with van der Waals surface area (Å²) in [6, 6.07) is 2.35. The third-order valence-electron chi connectivity index (χ3n) is 4.06. The fourth-order valence-corrected chi connectivity index (χ4v) is 3.02. The van der Waals surface area contributed by atoms with Gasteiger partial charge in [-0.2, -0.15) is 5.10 Å². The predicted octanol–water partition coefficient (Wildman–Crippen LogP) is 2.46. The average molecular weight is 285 g/mol. The molecule has 0 aliphatic carbocycles. The number of rotatable bonds is 4. The van der Waals surface area contributed by atoms with Crippen LogP contribution in [0.5, 0.6) is 0 Å². The summed E-state index contributed by atoms with van der Waals surface area (Å²) in [6.07, 6.45) is 8.92. The van der Waals surface area contributed by atoms with E-state index in [0.29, 0.717) is 12.0 Å². The van der Waals surface area contributed by atoms with Gasteiger partial charge in [-0.25, -0.2) is 0 Å². The van der Waals surface area contributed by atoms with Crippen LogP contribution in [0.1, 0.15) is 38.4 Å². The third-order valence-corrected chi connectivity index (χ3v) is 4.06. The fraction of sp³-hybridized carbons (Fsp3) is 0.562. The molecule has 1 unspecified atom stereocenters. The molecule has 0 aromatic carbocycles. The Hall–Kier alpha value is -1.75. The van der Waals surface area contributed by atoms with E-state index in [0.717, 1.165) is 36.6 Å². The van der Waals surface area contributed by atoms with E-state index in [2.05, 4.69) is 34.2 Å². The van der Waals surface area contributed by atoms with Gasteiger partial charge >= 0.3 is 0 Å². The Morgan fingerprint density at radius 1 is 1.29 bits per heavy atom. The first-order chi connectivity index (χ1) is 10.3. The summed E-state index contributed by atoms with van der Waals surface area (Å²) in [7, 11) is 0. The molecule has 21 heavy (non-hydrogen) atoms. The maximum Gasteiger partial charge on any atom is 0.110 e. The Balaban J connectivity index is 1.90. The zero-order valence-electron chi connectivity index (χ0n) is 12.8. The van der Waals surface area contributed by atoms with Crippen LogP contribution < -0.4 is 5.32 Å². The van der Waals surface area contributed by atoms with Gasteiger partial charge in [-0.3, -0.25) is 14.6 Å². The van der Waals surface area contributed by atoms with Crippen molar-refractivity contribution < 1.29 is 0 Å². The van der Waals surface area contributed by atoms with Crippen LogP contribution in [0.3, 0.4) is 0 Å². The minimum Gasteiger partial charge on any atom is -0.316 e. The van der Waals surface area contributed by atoms with Gasteiger partial charge < -0.3 is 5.32 Å². The van der Waals surface area contributed by atoms with Crippen LogP contribution in [0.15, 0.2) is 24.7 Å². The Morgan fingerprint density at radius 2 is 2.14 bits per heavy atom. The highest BCUT2D eigenvalue weighted by Gasteiger charge is 2.19. The van der Waals surface area contributed by atoms with E-state index in [1.165, 1.54) is 12.8 Å². The van der Waals surface area contributed by atoms with Crippen molar-refractivity contribution in [1.82, 2.24) is 25.1 Å². The Morgan fingerprint density at radius 3 is 2.90 bits per heavy atom. The van der Waals surface area contributed by atoms with Crippen molar-refractivity contribution >= 4 is 0 Å². The van der Waals surface area contributed by atoms with E-state index in [1.54, 1.807) is 12.4 Å². The molecule has 1 aliphatic heterocycles. The van der Waals surface area contributed by atoms with Crippen molar-refractivity contribution in [3.8, 4) is 11.4 Å². The Bertz CT molecular complexity index is 584. The fourth-order valence-electron chi connectivity index (χ4n) is 3.02. The second-order valence-electron chi connectivity index (χ2n) is 6.02. The molecule has 1 fully saturated rings. The van der Waals surface area contributed by atoms with E-state index in [-0.39, 0.29) is 0 Å². The second kappa shape index (κ2) is 6.35. The predicted molar refractivity (Wildman–Crippen MR) is 82.9 cm³/mol. The molecule has 0 amide bonds. The zero-order chi connectivity index (χ0) is 14.7. The molecule has 1 aliphatic rings. The van der Waals surface area contributed by atoms with Gasteiger partial charge in [0.15, 0.2) is 0 Å². The lowest BCUT2D eigenvalue weighted by atomic mass is 9.93. The van der Waals surface area contributed by atoms with Crippen LogP contribution in [0, 0.1) is 5.92 Å². The van der Waals surface area contributed by atoms with Crippen molar-refractivity contribution in [2.75, 3.05) is 13.1 Å². The molecular weight excluding hydrogens is 262 g/mol. The molecule has 2 aromatic heterocycles. The summed E-state index contributed by atoms with van der Waals surface area (Å²) < 4.78 is 2.02. The van der Waals surface area contributed by atoms with Crippen LogP contribution in [0.4, 0.5) is 0 Å². The number of piperidine rings is 1. The van der Waals surface area contributed by atoms with E-state index in [1.807, 2.05) is 16.9 Å². The van der Waals surface area contributed by atoms with Crippen LogP contribution >= 0.6 is 0 Å². The lowest BCUT2D eigenvalue weighted by Crippen LogP contribution is -2.31. The molecule has 2 aromatic rings. The van der Waals surface area contributed by atoms with Gasteiger partial charge in [-0.15, -0.1) is 0 Å². The van der Waals surface area contributed by atoms with Crippen molar-refractivity contribution in [2.24, 2.45) is 5.92 Å². The number of hydrogen-bond donors (Lipinski definition) is 1. The first kappa shape index (κ1) is 14.2. The van der Waals surface area contributed by atoms with Gasteiger partial charge in [0.25, 0.3) is 0 Å². The highest BCUT2D eigenvalue weighted by Crippen LogP contribution is 2.25. The zero-order valence-corrected chi connectivity index (χ0v) is 12.8. The smallest absolute Gasteiger partial charge is 0.110 e. The highest BCUT2D eigenvalue weighted by atomic mass is 15.3. The van der Waals surface area contributed by atoms with Crippen molar-refractivity contribution in [3.63, 3.8) is 0 Å². The molecule has 3 heterocycles. The molecule has 0 spiro atoms. The first-order valence-corrected chi connectivity index (χ1v) is 7.80. The van der Waals surface area contributed by atoms with E-state index >= 15 is 0 Å². The van der Waals surface area contributed by atoms with Crippen LogP contribution in [-0.2, 0) is 6.42 Å². The number of hydrogen-bond acceptors (Lipinski definition) is 4. The summed E-state index contributed by atoms with van der Waals surface area (Å²) in [5.41, 5.74) is 3.14. The average Bonchev–Trinajstić information content (AvgIpc) is 2.98. The molecule has 5 nitrogen and oxygen atoms in total. The lowest BCUT2D eigenvalue weighted by molar-refractivity contribution is 0.373. The normalized spacial score (nSPS) is 19.1. The van der Waals surface area contributed by atoms with Gasteiger partial charge in [-0.1, -0.05) is 0 Å². The maximum atomic E-state index is 4.60. The highest BCUT2D eigenvalue weighted by molar-refractivity contribution is 5.57. The summed E-state index contributed by atoms with van der Waals surface area (Å²) >= 11 is 0. The largest absolute Gasteiger partial charge is 0.316 e. The van der Waals surface area contributed by atoms with Crippen LogP contribution in [-0.4, -0.2) is 32.8 Å². The minimum absolute atomic E-state index is 0.321. The van der Waals surface area contributed by atoms with Crippen molar-refractivity contribution in [3.05, 3.63) is 30.4 Å². The van der Waals surface area contributed by atoms with Crippen LogP contribution in [0.2, 0.25) is 0 Å². The molecule has 0 bridgehead atoms. The molecular formula is C16H23N5. The molecule has 112 valence electrons. The van der Waals surface area contributed by atoms with Gasteiger partial charge in [-0.05, 0) is 58.2 Å². The maximum absolute atomic E-state index is 4.60. The molecule has 1 atom stereocenters. The molecule has 1 N–H and O–H groups in total. The summed E-state index contributed by atoms with van der Waals surface area (Å²) in [5, 5.41) is 7.89. The van der Waals surface area contributed by atoms with Gasteiger partial charge in [0.05, 0.1) is 11.4 Å². The monoisotopic (exact) mass is 285 g/mol. The topological polar surface area (TPSA) is 55.6 Å². The standard InChI is InChI=1S/C16H23N5/c1-12(2)21-15(5-7-20-21)16-14(18-8-9-19-16)10-13-4-3-6-17-11-13/h5,7-9,12-13,17H,3-4,6,10-11H2,1-2H3. The Kier molecular flexibility index (Phi) is 4.29. The summed E-state index contributed by atoms with van der Waals surface area (Å²) in [5.74, 6) is 0.657. The molecule has 0 radical (unpaired) electrons. The number of nitrogens with zero attached hydrogens (tertiary/aromatic N) is 4. The molecule has 1 saturated heterocycles. The first-order valence-electron chi connectivity index (χ1n) is 7.80. The molecule has 3 rings (SSSR count). The number of nitrogens with one attached hydrogen (secondary N) is 1. The van der Waals surface area contributed by atoms with E-state index in [4.69, 9.17) is 0 Å². The second-order valence-corrected chi connectivity index (χ2v) is 6.02. The summed E-state index contributed by atoms with van der Waals surface area (Å²) in [6.45, 7) is 6.50. The van der Waals surface area contributed by atoms with Crippen molar-refractivity contribution in [1.29, 1.82) is 0 Å². The molecule has 0 saturated carbocycles. The van der Waals surface area contributed by atoms with Gasteiger partial charge in [0.1, 0.15) is 5.69 Å². The van der Waals surface area contributed by atoms with Crippen LogP contribution in [0.25, 0.3) is 11.4 Å². The van der Waals surface area contributed by atoms with Gasteiger partial charge in [0.2, 0.25) is 0 Å². The molecule has 5 heteroatoms. The van der Waals surface area contributed by atoms with Crippen molar-refractivity contribution in [2.45, 2.75) is 39.2 Å². The number of aromatic nitrogens is 4. The summed E-state index contributed by atoms with van der Waals surface area (Å²) in [4.78, 5) is 9.18. The minimum atomic E-state index is 0.321. The lowest BCUT2D eigenvalue weighted by Gasteiger charge is -2.23. The SMILES string of the molecule is CC(C)n1nccc1-c1nccnc1CC1CCCNC1. The van der Waals surface area contributed by atoms with Gasteiger partial charge in [0, 0.05) is 24.6 Å². The Labute approximate surface area is 125 Å². The third kappa shape index (κ3) is 3.13. The van der Waals surface area contributed by atoms with E-state index < -0.39 is 0 Å². The van der Waals surface area contributed by atoms with E-state index in [9.17, 15) is 0 Å².